The average Bonchev–Trinajstić information content (AvgIpc) is 2.98. The molecule has 2 rings (SSSR count). The molecule has 0 bridgehead atoms. The summed E-state index contributed by atoms with van der Waals surface area (Å²) < 4.78 is 4.91. The molecule has 158 valence electrons. The maximum absolute atomic E-state index is 12.4. The van der Waals surface area contributed by atoms with E-state index in [1.165, 1.54) is 4.90 Å². The van der Waals surface area contributed by atoms with Gasteiger partial charge in [-0.15, -0.1) is 0 Å². The quantitative estimate of drug-likeness (QED) is 0.615. The first kappa shape index (κ1) is 22.4. The summed E-state index contributed by atoms with van der Waals surface area (Å²) in [5.74, 6) is -0.248. The summed E-state index contributed by atoms with van der Waals surface area (Å²) in [6.45, 7) is 6.60. The standard InChI is InChI=1S/C21H29N3O5/c1-4-29-21(28)23-17(11-14(2)3)12-22-20(27)16-7-5-15(6-8-16)13-24-18(25)9-10-19(24)26/h5-8,14,17H,4,9-13H2,1-3H3,(H,22,27)(H,23,28). The lowest BCUT2D eigenvalue weighted by atomic mass is 10.0. The van der Waals surface area contributed by atoms with Crippen molar-refractivity contribution in [1.82, 2.24) is 15.5 Å². The van der Waals surface area contributed by atoms with E-state index in [2.05, 4.69) is 10.6 Å². The largest absolute Gasteiger partial charge is 0.450 e. The molecular weight excluding hydrogens is 374 g/mol. The molecule has 0 aromatic heterocycles. The van der Waals surface area contributed by atoms with Gasteiger partial charge in [-0.25, -0.2) is 4.79 Å². The molecule has 1 aliphatic heterocycles. The highest BCUT2D eigenvalue weighted by Gasteiger charge is 2.28. The van der Waals surface area contributed by atoms with Gasteiger partial charge in [-0.05, 0) is 37.0 Å². The Hall–Kier alpha value is -2.90. The number of ether oxygens (including phenoxy) is 1. The predicted molar refractivity (Wildman–Crippen MR) is 107 cm³/mol. The number of nitrogens with one attached hydrogen (secondary N) is 2. The van der Waals surface area contributed by atoms with Crippen molar-refractivity contribution in [3.8, 4) is 0 Å². The third-order valence-corrected chi connectivity index (χ3v) is 4.57. The molecule has 0 aliphatic carbocycles. The summed E-state index contributed by atoms with van der Waals surface area (Å²) in [4.78, 5) is 48.8. The Bertz CT molecular complexity index is 729. The summed E-state index contributed by atoms with van der Waals surface area (Å²) >= 11 is 0. The van der Waals surface area contributed by atoms with Crippen molar-refractivity contribution >= 4 is 23.8 Å². The fourth-order valence-electron chi connectivity index (χ4n) is 3.16. The molecule has 1 aromatic rings. The van der Waals surface area contributed by atoms with Crippen LogP contribution in [-0.2, 0) is 20.9 Å². The van der Waals surface area contributed by atoms with E-state index in [1.807, 2.05) is 13.8 Å². The third-order valence-electron chi connectivity index (χ3n) is 4.57. The lowest BCUT2D eigenvalue weighted by molar-refractivity contribution is -0.139. The van der Waals surface area contributed by atoms with E-state index < -0.39 is 6.09 Å². The molecule has 1 fully saturated rings. The number of amides is 4. The third kappa shape index (κ3) is 6.89. The fourth-order valence-corrected chi connectivity index (χ4v) is 3.16. The Kier molecular flexibility index (Phi) is 8.18. The van der Waals surface area contributed by atoms with E-state index in [0.29, 0.717) is 17.9 Å². The van der Waals surface area contributed by atoms with Crippen LogP contribution in [0.2, 0.25) is 0 Å². The Morgan fingerprint density at radius 2 is 1.72 bits per heavy atom. The number of imide groups is 1. The molecule has 4 amide bonds. The minimum Gasteiger partial charge on any atom is -0.450 e. The number of hydrogen-bond acceptors (Lipinski definition) is 5. The molecule has 1 saturated heterocycles. The highest BCUT2D eigenvalue weighted by atomic mass is 16.5. The van der Waals surface area contributed by atoms with Crippen molar-refractivity contribution in [2.75, 3.05) is 13.2 Å². The molecule has 1 aliphatic rings. The molecule has 1 heterocycles. The van der Waals surface area contributed by atoms with Gasteiger partial charge in [0.2, 0.25) is 11.8 Å². The van der Waals surface area contributed by atoms with E-state index in [0.717, 1.165) is 5.56 Å². The Balaban J connectivity index is 1.90. The summed E-state index contributed by atoms with van der Waals surface area (Å²) in [7, 11) is 0. The zero-order valence-electron chi connectivity index (χ0n) is 17.2. The van der Waals surface area contributed by atoms with Crippen molar-refractivity contribution in [3.63, 3.8) is 0 Å². The van der Waals surface area contributed by atoms with Gasteiger partial charge in [0.05, 0.1) is 13.2 Å². The summed E-state index contributed by atoms with van der Waals surface area (Å²) in [5.41, 5.74) is 1.25. The summed E-state index contributed by atoms with van der Waals surface area (Å²) in [6, 6.07) is 6.55. The number of rotatable bonds is 9. The number of benzene rings is 1. The van der Waals surface area contributed by atoms with Crippen molar-refractivity contribution in [3.05, 3.63) is 35.4 Å². The lowest BCUT2D eigenvalue weighted by Crippen LogP contribution is -2.44. The highest BCUT2D eigenvalue weighted by molar-refractivity contribution is 6.01. The van der Waals surface area contributed by atoms with Crippen LogP contribution in [0, 0.1) is 5.92 Å². The minimum absolute atomic E-state index is 0.165. The molecule has 1 atom stereocenters. The average molecular weight is 403 g/mol. The van der Waals surface area contributed by atoms with Gasteiger partial charge in [-0.3, -0.25) is 19.3 Å². The van der Waals surface area contributed by atoms with Crippen LogP contribution >= 0.6 is 0 Å². The fraction of sp³-hybridized carbons (Fsp3) is 0.524. The first-order valence-corrected chi connectivity index (χ1v) is 9.93. The van der Waals surface area contributed by atoms with Crippen LogP contribution < -0.4 is 10.6 Å². The van der Waals surface area contributed by atoms with Crippen molar-refractivity contribution in [2.24, 2.45) is 5.92 Å². The predicted octanol–water partition coefficient (Wildman–Crippen LogP) is 2.23. The zero-order chi connectivity index (χ0) is 21.4. The van der Waals surface area contributed by atoms with Crippen molar-refractivity contribution < 1.29 is 23.9 Å². The summed E-state index contributed by atoms with van der Waals surface area (Å²) in [5, 5.41) is 5.60. The van der Waals surface area contributed by atoms with Crippen molar-refractivity contribution in [2.45, 2.75) is 52.6 Å². The van der Waals surface area contributed by atoms with E-state index in [-0.39, 0.29) is 56.3 Å². The van der Waals surface area contributed by atoms with Gasteiger partial charge in [0, 0.05) is 31.0 Å². The van der Waals surface area contributed by atoms with E-state index in [9.17, 15) is 19.2 Å². The van der Waals surface area contributed by atoms with Gasteiger partial charge in [0.15, 0.2) is 0 Å². The smallest absolute Gasteiger partial charge is 0.407 e. The number of carbonyl (C=O) groups is 4. The second-order valence-corrected chi connectivity index (χ2v) is 7.47. The van der Waals surface area contributed by atoms with E-state index in [4.69, 9.17) is 4.74 Å². The topological polar surface area (TPSA) is 105 Å². The van der Waals surface area contributed by atoms with Gasteiger partial charge in [-0.1, -0.05) is 26.0 Å². The van der Waals surface area contributed by atoms with E-state index >= 15 is 0 Å². The van der Waals surface area contributed by atoms with Gasteiger partial charge in [0.1, 0.15) is 0 Å². The van der Waals surface area contributed by atoms with Crippen LogP contribution in [0.5, 0.6) is 0 Å². The molecule has 1 unspecified atom stereocenters. The van der Waals surface area contributed by atoms with Gasteiger partial charge in [-0.2, -0.15) is 0 Å². The van der Waals surface area contributed by atoms with Crippen LogP contribution in [0.15, 0.2) is 24.3 Å². The number of alkyl carbamates (subject to hydrolysis) is 1. The highest BCUT2D eigenvalue weighted by Crippen LogP contribution is 2.16. The first-order chi connectivity index (χ1) is 13.8. The monoisotopic (exact) mass is 403 g/mol. The number of carbonyl (C=O) groups excluding carboxylic acids is 4. The first-order valence-electron chi connectivity index (χ1n) is 9.93. The Morgan fingerprint density at radius 3 is 2.28 bits per heavy atom. The van der Waals surface area contributed by atoms with Crippen LogP contribution in [-0.4, -0.2) is 47.9 Å². The zero-order valence-corrected chi connectivity index (χ0v) is 17.2. The van der Waals surface area contributed by atoms with E-state index in [1.54, 1.807) is 31.2 Å². The van der Waals surface area contributed by atoms with Crippen LogP contribution in [0.25, 0.3) is 0 Å². The van der Waals surface area contributed by atoms with Gasteiger partial charge in [0.25, 0.3) is 5.91 Å². The lowest BCUT2D eigenvalue weighted by Gasteiger charge is -2.21. The maximum Gasteiger partial charge on any atom is 0.407 e. The molecule has 8 heteroatoms. The summed E-state index contributed by atoms with van der Waals surface area (Å²) in [6.07, 6.45) is 0.728. The van der Waals surface area contributed by atoms with Crippen molar-refractivity contribution in [1.29, 1.82) is 0 Å². The molecule has 8 nitrogen and oxygen atoms in total. The van der Waals surface area contributed by atoms with Gasteiger partial charge >= 0.3 is 6.09 Å². The molecule has 1 aromatic carbocycles. The number of hydrogen-bond donors (Lipinski definition) is 2. The SMILES string of the molecule is CCOC(=O)NC(CNC(=O)c1ccc(CN2C(=O)CCC2=O)cc1)CC(C)C. The molecule has 29 heavy (non-hydrogen) atoms. The number of nitrogens with zero attached hydrogens (tertiary/aromatic N) is 1. The molecule has 0 saturated carbocycles. The van der Waals surface area contributed by atoms with Gasteiger partial charge < -0.3 is 15.4 Å². The second-order valence-electron chi connectivity index (χ2n) is 7.47. The maximum atomic E-state index is 12.4. The minimum atomic E-state index is -0.497. The van der Waals surface area contributed by atoms with Crippen LogP contribution in [0.4, 0.5) is 4.79 Å². The second kappa shape index (κ2) is 10.6. The Morgan fingerprint density at radius 1 is 1.10 bits per heavy atom. The number of likely N-dealkylation sites (tertiary alicyclic amines) is 1. The molecule has 0 spiro atoms. The molecule has 0 radical (unpaired) electrons. The van der Waals surface area contributed by atoms with Crippen LogP contribution in [0.3, 0.4) is 0 Å². The normalized spacial score (nSPS) is 14.8. The van der Waals surface area contributed by atoms with Crippen LogP contribution in [0.1, 0.15) is 56.0 Å². The Labute approximate surface area is 171 Å². The molecule has 2 N–H and O–H groups in total. The molecular formula is C21H29N3O5.